The van der Waals surface area contributed by atoms with Gasteiger partial charge in [-0.1, -0.05) is 0 Å². The van der Waals surface area contributed by atoms with Crippen molar-refractivity contribution < 1.29 is 72.5 Å². The summed E-state index contributed by atoms with van der Waals surface area (Å²) in [6.45, 7) is 0. The maximum atomic E-state index is 0. The molecule has 11 heteroatoms. The molecule has 0 aromatic heterocycles. The minimum Gasteiger partial charge on any atom is -2.00 e. The summed E-state index contributed by atoms with van der Waals surface area (Å²) in [6, 6.07) is 0. The van der Waals surface area contributed by atoms with Gasteiger partial charge in [0.25, 0.3) is 0 Å². The van der Waals surface area contributed by atoms with Crippen molar-refractivity contribution in [2.24, 2.45) is 0 Å². The maximum absolute atomic E-state index is 0. The molecule has 0 aliphatic heterocycles. The number of rotatable bonds is 0. The van der Waals surface area contributed by atoms with Gasteiger partial charge < -0.3 is 38.3 Å². The van der Waals surface area contributed by atoms with Crippen molar-refractivity contribution in [1.82, 2.24) is 0 Å². The van der Waals surface area contributed by atoms with Crippen molar-refractivity contribution in [3.05, 3.63) is 0 Å². The second kappa shape index (κ2) is 287. The van der Waals surface area contributed by atoms with Gasteiger partial charge in [0.05, 0.1) is 0 Å². The van der Waals surface area contributed by atoms with Gasteiger partial charge >= 0.3 is 82.0 Å². The predicted octanol–water partition coefficient (Wildman–Crippen LogP) is -1.60. The molecule has 0 atom stereocenters. The molecule has 7 nitrogen and oxygen atoms in total. The first-order valence-corrected chi connectivity index (χ1v) is 0. The number of hydrogen-bond donors (Lipinski definition) is 0. The Balaban J connectivity index is 0. The molecule has 2 radical (unpaired) electrons. The quantitative estimate of drug-likeness (QED) is 0.375. The van der Waals surface area contributed by atoms with Crippen LogP contribution in [-0.2, 0) is 72.5 Å². The first-order chi connectivity index (χ1) is 0. The van der Waals surface area contributed by atoms with Crippen molar-refractivity contribution in [1.29, 1.82) is 0 Å². The van der Waals surface area contributed by atoms with Crippen molar-refractivity contribution in [3.8, 4) is 0 Å². The van der Waals surface area contributed by atoms with Crippen LogP contribution in [0.2, 0.25) is 0 Å². The second-order valence-electron chi connectivity index (χ2n) is 0. The van der Waals surface area contributed by atoms with E-state index in [-0.39, 0.29) is 120 Å². The van der Waals surface area contributed by atoms with Crippen LogP contribution < -0.4 is 0 Å². The molecule has 0 saturated carbocycles. The van der Waals surface area contributed by atoms with E-state index in [0.717, 1.165) is 0 Å². The van der Waals surface area contributed by atoms with E-state index in [4.69, 9.17) is 0 Å². The molecule has 0 amide bonds. The third kappa shape index (κ3) is 239. The molecule has 11 heavy (non-hydrogen) atoms. The van der Waals surface area contributed by atoms with E-state index in [2.05, 4.69) is 0 Å². The molecule has 0 bridgehead atoms. The Bertz CT molecular complexity index is 14.4. The molecule has 0 aliphatic carbocycles. The van der Waals surface area contributed by atoms with E-state index in [0.29, 0.717) is 0 Å². The Morgan fingerprint density at radius 3 is 0.273 bits per heavy atom. The van der Waals surface area contributed by atoms with Crippen molar-refractivity contribution in [2.75, 3.05) is 0 Å². The van der Waals surface area contributed by atoms with E-state index in [1.807, 2.05) is 0 Å². The van der Waals surface area contributed by atoms with Gasteiger partial charge in [-0.05, 0) is 0 Å². The molecule has 0 spiro atoms. The van der Waals surface area contributed by atoms with Gasteiger partial charge in [-0.3, -0.25) is 0 Å². The summed E-state index contributed by atoms with van der Waals surface area (Å²) in [4.78, 5) is 0. The first-order valence-electron chi connectivity index (χ1n) is 0. The van der Waals surface area contributed by atoms with Gasteiger partial charge in [0, 0.05) is 0 Å². The van der Waals surface area contributed by atoms with Gasteiger partial charge in [0.15, 0.2) is 0 Å². The third-order valence-electron chi connectivity index (χ3n) is 0. The standard InChI is InChI=1S/2Fe.7O.2Sn/q2*+3;7*-2;2*+4. The molecule has 0 aromatic carbocycles. The Morgan fingerprint density at radius 2 is 0.273 bits per heavy atom. The molecule has 0 heterocycles. The normalized spacial score (nSPS) is 0. The molecule has 0 aromatic rings. The maximum Gasteiger partial charge on any atom is 4.00 e. The summed E-state index contributed by atoms with van der Waals surface area (Å²) < 4.78 is 0. The minimum absolute atomic E-state index is 0. The van der Waals surface area contributed by atoms with Gasteiger partial charge in [0.1, 0.15) is 0 Å². The fourth-order valence-electron chi connectivity index (χ4n) is 0. The average Bonchev–Trinajstić information content (AvgIpc) is 0. The van der Waals surface area contributed by atoms with Crippen LogP contribution in [0.5, 0.6) is 0 Å². The van der Waals surface area contributed by atoms with Crippen LogP contribution in [0, 0.1) is 0 Å². The van der Waals surface area contributed by atoms with Crippen LogP contribution in [0.4, 0.5) is 0 Å². The van der Waals surface area contributed by atoms with Crippen LogP contribution in [0.15, 0.2) is 0 Å². The summed E-state index contributed by atoms with van der Waals surface area (Å²) in [7, 11) is 0. The second-order valence-corrected chi connectivity index (χ2v) is 0. The van der Waals surface area contributed by atoms with E-state index >= 15 is 0 Å². The molecule has 66 valence electrons. The zero-order valence-electron chi connectivity index (χ0n) is 4.56. The zero-order chi connectivity index (χ0) is 0. The fourth-order valence-corrected chi connectivity index (χ4v) is 0. The molecule has 0 aliphatic rings. The Labute approximate surface area is 119 Å². The predicted molar refractivity (Wildman–Crippen MR) is 16.3 cm³/mol. The van der Waals surface area contributed by atoms with Gasteiger partial charge in [-0.25, -0.2) is 0 Å². The van der Waals surface area contributed by atoms with E-state index in [9.17, 15) is 0 Å². The van der Waals surface area contributed by atoms with Crippen LogP contribution in [0.3, 0.4) is 0 Å². The third-order valence-corrected chi connectivity index (χ3v) is 0. The minimum atomic E-state index is 0. The van der Waals surface area contributed by atoms with E-state index < -0.39 is 0 Å². The average molecular weight is 461 g/mol. The van der Waals surface area contributed by atoms with Crippen LogP contribution in [-0.4, -0.2) is 47.8 Å². The smallest absolute Gasteiger partial charge is 2.00 e. The summed E-state index contributed by atoms with van der Waals surface area (Å²) in [5.41, 5.74) is 0. The Hall–Kier alpha value is 2.36. The van der Waals surface area contributed by atoms with Crippen molar-refractivity contribution >= 4 is 47.8 Å². The topological polar surface area (TPSA) is 200 Å². The van der Waals surface area contributed by atoms with E-state index in [1.54, 1.807) is 0 Å². The monoisotopic (exact) mass is 464 g/mol. The first kappa shape index (κ1) is 367. The van der Waals surface area contributed by atoms with Crippen LogP contribution in [0.25, 0.3) is 0 Å². The SMILES string of the molecule is [Fe+3].[Fe+3].[O-2].[O-2].[O-2].[O-2].[O-2].[O-2].[O-2].[Sn+4].[Sn+4]. The molecular formula is Fe2O7Sn2. The molecule has 0 unspecified atom stereocenters. The molecule has 0 rings (SSSR count). The summed E-state index contributed by atoms with van der Waals surface area (Å²) in [5.74, 6) is 0. The van der Waals surface area contributed by atoms with Crippen molar-refractivity contribution in [3.63, 3.8) is 0 Å². The van der Waals surface area contributed by atoms with E-state index in [1.165, 1.54) is 0 Å². The van der Waals surface area contributed by atoms with Gasteiger partial charge in [-0.15, -0.1) is 0 Å². The number of hydrogen-bond acceptors (Lipinski definition) is 0. The van der Waals surface area contributed by atoms with Gasteiger partial charge in [0.2, 0.25) is 0 Å². The van der Waals surface area contributed by atoms with Crippen LogP contribution >= 0.6 is 0 Å². The largest absolute Gasteiger partial charge is 4.00 e. The summed E-state index contributed by atoms with van der Waals surface area (Å²) in [6.07, 6.45) is 0. The van der Waals surface area contributed by atoms with Crippen LogP contribution in [0.1, 0.15) is 0 Å². The Morgan fingerprint density at radius 1 is 0.273 bits per heavy atom. The Kier molecular flexibility index (Phi) is 9580. The van der Waals surface area contributed by atoms with Crippen molar-refractivity contribution in [2.45, 2.75) is 0 Å². The summed E-state index contributed by atoms with van der Waals surface area (Å²) >= 11 is 0. The van der Waals surface area contributed by atoms with Gasteiger partial charge in [-0.2, -0.15) is 0 Å². The summed E-state index contributed by atoms with van der Waals surface area (Å²) in [5, 5.41) is 0. The molecular weight excluding hydrogens is 461 g/mol. The zero-order valence-corrected chi connectivity index (χ0v) is 12.5. The molecule has 0 N–H and O–H groups in total. The molecule has 0 saturated heterocycles. The fraction of sp³-hybridized carbons (Fsp3) is 0. The molecule has 0 fully saturated rings.